The van der Waals surface area contributed by atoms with Crippen LogP contribution in [0.4, 0.5) is 4.39 Å². The van der Waals surface area contributed by atoms with Crippen molar-refractivity contribution in [2.75, 3.05) is 0 Å². The lowest BCUT2D eigenvalue weighted by atomic mass is 10.3. The summed E-state index contributed by atoms with van der Waals surface area (Å²) >= 11 is 4.52. The Morgan fingerprint density at radius 1 is 1.42 bits per heavy atom. The molecule has 100 valence electrons. The lowest BCUT2D eigenvalue weighted by molar-refractivity contribution is 0.602. The van der Waals surface area contributed by atoms with E-state index in [4.69, 9.17) is 0 Å². The van der Waals surface area contributed by atoms with Gasteiger partial charge in [-0.25, -0.2) is 9.37 Å². The molecule has 2 rings (SSSR count). The maximum absolute atomic E-state index is 13.5. The van der Waals surface area contributed by atoms with Crippen LogP contribution in [0.15, 0.2) is 38.4 Å². The minimum absolute atomic E-state index is 0.198. The smallest absolute Gasteiger partial charge is 0.265 e. The summed E-state index contributed by atoms with van der Waals surface area (Å²) in [5.74, 6) is 0.720. The van der Waals surface area contributed by atoms with E-state index >= 15 is 0 Å². The van der Waals surface area contributed by atoms with Gasteiger partial charge in [-0.15, -0.1) is 11.8 Å². The molecule has 0 amide bonds. The number of halogens is 2. The highest BCUT2D eigenvalue weighted by molar-refractivity contribution is 9.10. The zero-order chi connectivity index (χ0) is 13.8. The van der Waals surface area contributed by atoms with Crippen LogP contribution in [0.25, 0.3) is 0 Å². The fourth-order valence-electron chi connectivity index (χ4n) is 1.57. The van der Waals surface area contributed by atoms with Gasteiger partial charge in [-0.2, -0.15) is 0 Å². The molecule has 19 heavy (non-hydrogen) atoms. The number of thioether (sulfide) groups is 1. The number of nitrogens with zero attached hydrogens (tertiary/aromatic N) is 1. The van der Waals surface area contributed by atoms with Crippen LogP contribution in [0.1, 0.15) is 18.4 Å². The number of rotatable bonds is 4. The predicted octanol–water partition coefficient (Wildman–Crippen LogP) is 3.53. The largest absolute Gasteiger partial charge is 0.309 e. The second kappa shape index (κ2) is 6.34. The van der Waals surface area contributed by atoms with Crippen LogP contribution >= 0.6 is 27.7 Å². The molecule has 0 aliphatic heterocycles. The summed E-state index contributed by atoms with van der Waals surface area (Å²) in [6, 6.07) is 6.55. The van der Waals surface area contributed by atoms with Crippen molar-refractivity contribution in [3.63, 3.8) is 0 Å². The van der Waals surface area contributed by atoms with E-state index in [2.05, 4.69) is 25.9 Å². The minimum atomic E-state index is -0.261. The van der Waals surface area contributed by atoms with Crippen molar-refractivity contribution in [2.24, 2.45) is 0 Å². The van der Waals surface area contributed by atoms with E-state index in [0.29, 0.717) is 33.1 Å². The standard InChI is InChI=1S/C13H12BrFN2OS/c1-2-9-12(14)13(18)17-11(16-9)7-19-10-6-4-3-5-8(10)15/h3-6H,2,7H2,1H3,(H,16,17,18). The fraction of sp³-hybridized carbons (Fsp3) is 0.231. The van der Waals surface area contributed by atoms with Crippen LogP contribution in [0.2, 0.25) is 0 Å². The molecule has 0 aliphatic rings. The van der Waals surface area contributed by atoms with E-state index in [1.807, 2.05) is 6.92 Å². The average molecular weight is 343 g/mol. The summed E-state index contributed by atoms with van der Waals surface area (Å²) in [6.07, 6.45) is 0.669. The lowest BCUT2D eigenvalue weighted by Crippen LogP contribution is -2.14. The summed E-state index contributed by atoms with van der Waals surface area (Å²) < 4.78 is 13.9. The third-order valence-electron chi connectivity index (χ3n) is 2.52. The Balaban J connectivity index is 2.19. The molecular weight excluding hydrogens is 331 g/mol. The zero-order valence-corrected chi connectivity index (χ0v) is 12.6. The van der Waals surface area contributed by atoms with Crippen LogP contribution in [-0.4, -0.2) is 9.97 Å². The van der Waals surface area contributed by atoms with Crippen molar-refractivity contribution in [1.29, 1.82) is 0 Å². The molecule has 0 saturated heterocycles. The normalized spacial score (nSPS) is 10.7. The molecule has 1 N–H and O–H groups in total. The van der Waals surface area contributed by atoms with Crippen LogP contribution in [0.3, 0.4) is 0 Å². The Labute approximate surface area is 122 Å². The lowest BCUT2D eigenvalue weighted by Gasteiger charge is -2.05. The molecule has 0 unspecified atom stereocenters. The molecule has 1 heterocycles. The first kappa shape index (κ1) is 14.3. The minimum Gasteiger partial charge on any atom is -0.309 e. The first-order chi connectivity index (χ1) is 9.11. The quantitative estimate of drug-likeness (QED) is 0.864. The third-order valence-corrected chi connectivity index (χ3v) is 4.39. The summed E-state index contributed by atoms with van der Waals surface area (Å²) in [4.78, 5) is 19.3. The van der Waals surface area contributed by atoms with Gasteiger partial charge in [-0.1, -0.05) is 19.1 Å². The number of benzene rings is 1. The maximum atomic E-state index is 13.5. The Hall–Kier alpha value is -1.14. The van der Waals surface area contributed by atoms with E-state index in [0.717, 1.165) is 0 Å². The first-order valence-electron chi connectivity index (χ1n) is 5.76. The Kier molecular flexibility index (Phi) is 4.76. The van der Waals surface area contributed by atoms with Gasteiger partial charge in [0.15, 0.2) is 0 Å². The van der Waals surface area contributed by atoms with E-state index in [1.54, 1.807) is 18.2 Å². The van der Waals surface area contributed by atoms with E-state index in [9.17, 15) is 9.18 Å². The molecule has 2 aromatic rings. The highest BCUT2D eigenvalue weighted by atomic mass is 79.9. The highest BCUT2D eigenvalue weighted by Crippen LogP contribution is 2.24. The molecule has 3 nitrogen and oxygen atoms in total. The van der Waals surface area contributed by atoms with Crippen molar-refractivity contribution < 1.29 is 4.39 Å². The van der Waals surface area contributed by atoms with E-state index in [-0.39, 0.29) is 11.4 Å². The molecule has 0 aliphatic carbocycles. The summed E-state index contributed by atoms with van der Waals surface area (Å²) in [5.41, 5.74) is 0.517. The predicted molar refractivity (Wildman–Crippen MR) is 77.9 cm³/mol. The van der Waals surface area contributed by atoms with Gasteiger partial charge < -0.3 is 4.98 Å². The average Bonchev–Trinajstić information content (AvgIpc) is 2.41. The van der Waals surface area contributed by atoms with E-state index < -0.39 is 0 Å². The second-order valence-corrected chi connectivity index (χ2v) is 5.66. The fourth-order valence-corrected chi connectivity index (χ4v) is 2.85. The summed E-state index contributed by atoms with van der Waals surface area (Å²) in [6.45, 7) is 1.93. The monoisotopic (exact) mass is 342 g/mol. The Bertz CT molecular complexity index is 645. The number of aryl methyl sites for hydroxylation is 1. The number of nitrogens with one attached hydrogen (secondary N) is 1. The molecule has 0 radical (unpaired) electrons. The third kappa shape index (κ3) is 3.45. The summed E-state index contributed by atoms with van der Waals surface area (Å²) in [7, 11) is 0. The first-order valence-corrected chi connectivity index (χ1v) is 7.54. The molecular formula is C13H12BrFN2OS. The number of hydrogen-bond donors (Lipinski definition) is 1. The molecule has 0 saturated carbocycles. The topological polar surface area (TPSA) is 45.8 Å². The molecule has 0 spiro atoms. The second-order valence-electron chi connectivity index (χ2n) is 3.85. The van der Waals surface area contributed by atoms with Crippen molar-refractivity contribution in [1.82, 2.24) is 9.97 Å². The van der Waals surface area contributed by atoms with Crippen LogP contribution in [-0.2, 0) is 12.2 Å². The van der Waals surface area contributed by atoms with Gasteiger partial charge in [0, 0.05) is 4.90 Å². The van der Waals surface area contributed by atoms with Gasteiger partial charge in [-0.3, -0.25) is 4.79 Å². The van der Waals surface area contributed by atoms with Gasteiger partial charge >= 0.3 is 0 Å². The van der Waals surface area contributed by atoms with Crippen molar-refractivity contribution in [2.45, 2.75) is 24.0 Å². The van der Waals surface area contributed by atoms with Crippen LogP contribution in [0.5, 0.6) is 0 Å². The van der Waals surface area contributed by atoms with Gasteiger partial charge in [0.1, 0.15) is 16.1 Å². The number of aromatic amines is 1. The Morgan fingerprint density at radius 3 is 2.84 bits per heavy atom. The Morgan fingerprint density at radius 2 is 2.16 bits per heavy atom. The molecule has 0 atom stereocenters. The van der Waals surface area contributed by atoms with Gasteiger partial charge in [0.2, 0.25) is 0 Å². The van der Waals surface area contributed by atoms with Crippen molar-refractivity contribution >= 4 is 27.7 Å². The molecule has 0 bridgehead atoms. The van der Waals surface area contributed by atoms with Crippen LogP contribution < -0.4 is 5.56 Å². The van der Waals surface area contributed by atoms with Gasteiger partial charge in [-0.05, 0) is 34.5 Å². The van der Waals surface area contributed by atoms with Crippen LogP contribution in [0, 0.1) is 5.82 Å². The molecule has 1 aromatic heterocycles. The highest BCUT2D eigenvalue weighted by Gasteiger charge is 2.08. The van der Waals surface area contributed by atoms with Gasteiger partial charge in [0.05, 0.1) is 11.4 Å². The summed E-state index contributed by atoms with van der Waals surface area (Å²) in [5, 5.41) is 0. The number of aromatic nitrogens is 2. The number of H-pyrrole nitrogens is 1. The zero-order valence-electron chi connectivity index (χ0n) is 10.2. The molecule has 6 heteroatoms. The van der Waals surface area contributed by atoms with Gasteiger partial charge in [0.25, 0.3) is 5.56 Å². The molecule has 1 aromatic carbocycles. The maximum Gasteiger partial charge on any atom is 0.265 e. The van der Waals surface area contributed by atoms with E-state index in [1.165, 1.54) is 17.8 Å². The molecule has 0 fully saturated rings. The van der Waals surface area contributed by atoms with Crippen molar-refractivity contribution in [3.05, 3.63) is 56.4 Å². The SMILES string of the molecule is CCc1nc(CSc2ccccc2F)[nH]c(=O)c1Br. The number of hydrogen-bond acceptors (Lipinski definition) is 3. The van der Waals surface area contributed by atoms with Crippen molar-refractivity contribution in [3.8, 4) is 0 Å².